The zero-order valence-corrected chi connectivity index (χ0v) is 7.61. The van der Waals surface area contributed by atoms with Crippen LogP contribution in [0.1, 0.15) is 19.3 Å². The first-order valence-corrected chi connectivity index (χ1v) is 4.75. The van der Waals surface area contributed by atoms with E-state index in [1.54, 1.807) is 0 Å². The number of hydrogen-bond donors (Lipinski definition) is 1. The van der Waals surface area contributed by atoms with Gasteiger partial charge in [0.05, 0.1) is 5.69 Å². The molecule has 2 heteroatoms. The molecule has 0 bridgehead atoms. The quantitative estimate of drug-likeness (QED) is 0.543. The number of amidine groups is 1. The number of aliphatic imine (C=N–C) groups is 1. The zero-order chi connectivity index (χ0) is 9.10. The minimum absolute atomic E-state index is 0.542. The van der Waals surface area contributed by atoms with Crippen LogP contribution in [0.25, 0.3) is 0 Å². The van der Waals surface area contributed by atoms with Gasteiger partial charge in [0.2, 0.25) is 0 Å². The highest BCUT2D eigenvalue weighted by Gasteiger charge is 2.20. The van der Waals surface area contributed by atoms with Gasteiger partial charge in [0, 0.05) is 5.92 Å². The first kappa shape index (κ1) is 8.30. The molecule has 0 radical (unpaired) electrons. The van der Waals surface area contributed by atoms with Crippen molar-refractivity contribution >= 4 is 11.5 Å². The summed E-state index contributed by atoms with van der Waals surface area (Å²) in [6, 6.07) is 9.90. The Kier molecular flexibility index (Phi) is 2.30. The van der Waals surface area contributed by atoms with Gasteiger partial charge >= 0.3 is 0 Å². The van der Waals surface area contributed by atoms with E-state index >= 15 is 0 Å². The molecule has 1 aliphatic carbocycles. The molecule has 1 saturated carbocycles. The van der Waals surface area contributed by atoms with Gasteiger partial charge in [-0.3, -0.25) is 0 Å². The predicted molar refractivity (Wildman–Crippen MR) is 55.1 cm³/mol. The molecule has 0 heterocycles. The molecule has 1 aromatic rings. The lowest BCUT2D eigenvalue weighted by Gasteiger charge is -2.24. The first-order valence-electron chi connectivity index (χ1n) is 4.75. The third kappa shape index (κ3) is 1.89. The van der Waals surface area contributed by atoms with E-state index < -0.39 is 0 Å². The van der Waals surface area contributed by atoms with Crippen molar-refractivity contribution in [2.24, 2.45) is 16.6 Å². The second kappa shape index (κ2) is 3.60. The second-order valence-electron chi connectivity index (χ2n) is 3.50. The molecular weight excluding hydrogens is 160 g/mol. The maximum Gasteiger partial charge on any atom is 0.103 e. The predicted octanol–water partition coefficient (Wildman–Crippen LogP) is 2.48. The highest BCUT2D eigenvalue weighted by molar-refractivity contribution is 5.85. The van der Waals surface area contributed by atoms with Gasteiger partial charge in [0.15, 0.2) is 0 Å². The zero-order valence-electron chi connectivity index (χ0n) is 7.61. The Labute approximate surface area is 78.5 Å². The lowest BCUT2D eigenvalue weighted by atomic mass is 9.84. The molecule has 0 saturated heterocycles. The molecule has 2 nitrogen and oxygen atoms in total. The van der Waals surface area contributed by atoms with Crippen LogP contribution in [0.4, 0.5) is 5.69 Å². The van der Waals surface area contributed by atoms with Gasteiger partial charge in [-0.2, -0.15) is 0 Å². The second-order valence-corrected chi connectivity index (χ2v) is 3.50. The van der Waals surface area contributed by atoms with Crippen LogP contribution in [0, 0.1) is 5.92 Å². The Balaban J connectivity index is 2.10. The molecule has 13 heavy (non-hydrogen) atoms. The smallest absolute Gasteiger partial charge is 0.103 e. The molecule has 2 rings (SSSR count). The lowest BCUT2D eigenvalue weighted by molar-refractivity contribution is 0.411. The lowest BCUT2D eigenvalue weighted by Crippen LogP contribution is -2.28. The Bertz CT molecular complexity index is 299. The summed E-state index contributed by atoms with van der Waals surface area (Å²) < 4.78 is 0. The van der Waals surface area contributed by atoms with E-state index in [0.29, 0.717) is 5.92 Å². The number of nitrogens with two attached hydrogens (primary N) is 1. The average Bonchev–Trinajstić information content (AvgIpc) is 2.02. The maximum absolute atomic E-state index is 5.86. The van der Waals surface area contributed by atoms with E-state index in [4.69, 9.17) is 5.73 Å². The Hall–Kier alpha value is -1.31. The number of rotatable bonds is 2. The van der Waals surface area contributed by atoms with Crippen LogP contribution >= 0.6 is 0 Å². The summed E-state index contributed by atoms with van der Waals surface area (Å²) in [5.41, 5.74) is 6.83. The number of benzene rings is 1. The minimum Gasteiger partial charge on any atom is -0.387 e. The van der Waals surface area contributed by atoms with Gasteiger partial charge in [-0.25, -0.2) is 4.99 Å². The number of para-hydroxylation sites is 1. The Morgan fingerprint density at radius 1 is 1.23 bits per heavy atom. The van der Waals surface area contributed by atoms with E-state index in [1.807, 2.05) is 30.3 Å². The summed E-state index contributed by atoms with van der Waals surface area (Å²) in [5, 5.41) is 0. The third-order valence-corrected chi connectivity index (χ3v) is 2.54. The molecule has 1 aliphatic rings. The van der Waals surface area contributed by atoms with Crippen molar-refractivity contribution in [2.75, 3.05) is 0 Å². The summed E-state index contributed by atoms with van der Waals surface area (Å²) in [4.78, 5) is 4.38. The SMILES string of the molecule is NC(=Nc1ccccc1)C1CCC1. The average molecular weight is 174 g/mol. The summed E-state index contributed by atoms with van der Waals surface area (Å²) in [6.45, 7) is 0. The van der Waals surface area contributed by atoms with Crippen LogP contribution in [0.2, 0.25) is 0 Å². The molecule has 1 aromatic carbocycles. The van der Waals surface area contributed by atoms with Crippen molar-refractivity contribution in [2.45, 2.75) is 19.3 Å². The first-order chi connectivity index (χ1) is 6.36. The maximum atomic E-state index is 5.86. The fourth-order valence-corrected chi connectivity index (χ4v) is 1.45. The standard InChI is InChI=1S/C11H14N2/c12-11(9-5-4-6-9)13-10-7-2-1-3-8-10/h1-3,7-9H,4-6H2,(H2,12,13). The molecule has 68 valence electrons. The summed E-state index contributed by atoms with van der Waals surface area (Å²) in [7, 11) is 0. The third-order valence-electron chi connectivity index (χ3n) is 2.54. The van der Waals surface area contributed by atoms with E-state index in [1.165, 1.54) is 19.3 Å². The Morgan fingerprint density at radius 3 is 2.46 bits per heavy atom. The van der Waals surface area contributed by atoms with Crippen molar-refractivity contribution in [3.63, 3.8) is 0 Å². The monoisotopic (exact) mass is 174 g/mol. The van der Waals surface area contributed by atoms with Crippen molar-refractivity contribution in [1.82, 2.24) is 0 Å². The van der Waals surface area contributed by atoms with Gasteiger partial charge in [-0.1, -0.05) is 24.6 Å². The van der Waals surface area contributed by atoms with Gasteiger partial charge < -0.3 is 5.73 Å². The number of hydrogen-bond acceptors (Lipinski definition) is 1. The van der Waals surface area contributed by atoms with Gasteiger partial charge in [-0.05, 0) is 25.0 Å². The van der Waals surface area contributed by atoms with Crippen LogP contribution in [0.5, 0.6) is 0 Å². The summed E-state index contributed by atoms with van der Waals surface area (Å²) in [5.74, 6) is 1.35. The van der Waals surface area contributed by atoms with Crippen LogP contribution in [0.3, 0.4) is 0 Å². The van der Waals surface area contributed by atoms with Crippen molar-refractivity contribution in [3.8, 4) is 0 Å². The van der Waals surface area contributed by atoms with Gasteiger partial charge in [-0.15, -0.1) is 0 Å². The normalized spacial score (nSPS) is 18.3. The molecule has 0 spiro atoms. The van der Waals surface area contributed by atoms with Crippen LogP contribution in [-0.4, -0.2) is 5.84 Å². The fraction of sp³-hybridized carbons (Fsp3) is 0.364. The molecule has 0 unspecified atom stereocenters. The summed E-state index contributed by atoms with van der Waals surface area (Å²) >= 11 is 0. The fourth-order valence-electron chi connectivity index (χ4n) is 1.45. The van der Waals surface area contributed by atoms with Crippen molar-refractivity contribution < 1.29 is 0 Å². The largest absolute Gasteiger partial charge is 0.387 e. The molecule has 0 amide bonds. The van der Waals surface area contributed by atoms with Crippen LogP contribution in [-0.2, 0) is 0 Å². The number of nitrogens with zero attached hydrogens (tertiary/aromatic N) is 1. The van der Waals surface area contributed by atoms with Crippen molar-refractivity contribution in [3.05, 3.63) is 30.3 Å². The Morgan fingerprint density at radius 2 is 1.92 bits per heavy atom. The molecule has 0 aliphatic heterocycles. The van der Waals surface area contributed by atoms with Crippen LogP contribution in [0.15, 0.2) is 35.3 Å². The molecule has 0 atom stereocenters. The van der Waals surface area contributed by atoms with E-state index in [9.17, 15) is 0 Å². The van der Waals surface area contributed by atoms with E-state index in [0.717, 1.165) is 11.5 Å². The van der Waals surface area contributed by atoms with E-state index in [-0.39, 0.29) is 0 Å². The topological polar surface area (TPSA) is 38.4 Å². The van der Waals surface area contributed by atoms with Gasteiger partial charge in [0.25, 0.3) is 0 Å². The molecular formula is C11H14N2. The molecule has 0 aromatic heterocycles. The highest BCUT2D eigenvalue weighted by Crippen LogP contribution is 2.27. The summed E-state index contributed by atoms with van der Waals surface area (Å²) in [6.07, 6.45) is 3.72. The van der Waals surface area contributed by atoms with Crippen LogP contribution < -0.4 is 5.73 Å². The van der Waals surface area contributed by atoms with Crippen molar-refractivity contribution in [1.29, 1.82) is 0 Å². The molecule has 2 N–H and O–H groups in total. The van der Waals surface area contributed by atoms with Gasteiger partial charge in [0.1, 0.15) is 5.84 Å². The highest BCUT2D eigenvalue weighted by atomic mass is 14.9. The van der Waals surface area contributed by atoms with E-state index in [2.05, 4.69) is 4.99 Å². The minimum atomic E-state index is 0.542. The molecule has 1 fully saturated rings.